The molecule has 14 heavy (non-hydrogen) atoms. The summed E-state index contributed by atoms with van der Waals surface area (Å²) in [6.07, 6.45) is -0.314. The van der Waals surface area contributed by atoms with Crippen molar-refractivity contribution in [1.82, 2.24) is 5.32 Å². The number of nitrogens with one attached hydrogen (secondary N) is 1. The molecule has 0 aromatic heterocycles. The zero-order chi connectivity index (χ0) is 10.2. The summed E-state index contributed by atoms with van der Waals surface area (Å²) in [6.45, 7) is 4.72. The molecule has 0 aliphatic carbocycles. The van der Waals surface area contributed by atoms with Gasteiger partial charge in [-0.2, -0.15) is 0 Å². The first-order valence-electron chi connectivity index (χ1n) is 4.74. The van der Waals surface area contributed by atoms with Crippen LogP contribution in [0.15, 0.2) is 24.3 Å². The Morgan fingerprint density at radius 3 is 2.71 bits per heavy atom. The fourth-order valence-electron chi connectivity index (χ4n) is 1.60. The van der Waals surface area contributed by atoms with E-state index in [4.69, 9.17) is 4.74 Å². The summed E-state index contributed by atoms with van der Waals surface area (Å²) in [7, 11) is 0. The van der Waals surface area contributed by atoms with Gasteiger partial charge in [-0.15, -0.1) is 0 Å². The van der Waals surface area contributed by atoms with E-state index in [1.165, 1.54) is 6.07 Å². The molecule has 2 nitrogen and oxygen atoms in total. The summed E-state index contributed by atoms with van der Waals surface area (Å²) in [6, 6.07) is 6.69. The van der Waals surface area contributed by atoms with Gasteiger partial charge in [0.25, 0.3) is 0 Å². The smallest absolute Gasteiger partial charge is 0.138 e. The summed E-state index contributed by atoms with van der Waals surface area (Å²) in [4.78, 5) is 0. The van der Waals surface area contributed by atoms with E-state index in [-0.39, 0.29) is 17.6 Å². The van der Waals surface area contributed by atoms with Gasteiger partial charge < -0.3 is 4.74 Å². The van der Waals surface area contributed by atoms with Crippen LogP contribution < -0.4 is 5.32 Å². The predicted octanol–water partition coefficient (Wildman–Crippen LogP) is 2.22. The number of hydrogen-bond acceptors (Lipinski definition) is 2. The van der Waals surface area contributed by atoms with E-state index in [2.05, 4.69) is 5.32 Å². The quantitative estimate of drug-likeness (QED) is 0.742. The van der Waals surface area contributed by atoms with Crippen molar-refractivity contribution >= 4 is 0 Å². The Hall–Kier alpha value is -0.930. The Morgan fingerprint density at radius 1 is 1.43 bits per heavy atom. The van der Waals surface area contributed by atoms with Gasteiger partial charge in [-0.3, -0.25) is 5.32 Å². The lowest BCUT2D eigenvalue weighted by molar-refractivity contribution is -0.0170. The Balaban J connectivity index is 2.22. The highest BCUT2D eigenvalue weighted by Crippen LogP contribution is 2.28. The fourth-order valence-corrected chi connectivity index (χ4v) is 1.60. The Kier molecular flexibility index (Phi) is 2.29. The lowest BCUT2D eigenvalue weighted by atomic mass is 10.1. The number of ether oxygens (including phenoxy) is 1. The molecule has 0 radical (unpaired) electrons. The summed E-state index contributed by atoms with van der Waals surface area (Å²) < 4.78 is 19.0. The molecule has 1 aromatic carbocycles. The summed E-state index contributed by atoms with van der Waals surface area (Å²) in [5, 5.41) is 3.14. The molecule has 0 bridgehead atoms. The van der Waals surface area contributed by atoms with Crippen LogP contribution >= 0.6 is 0 Å². The van der Waals surface area contributed by atoms with Gasteiger partial charge in [0, 0.05) is 12.1 Å². The number of benzene rings is 1. The monoisotopic (exact) mass is 195 g/mol. The van der Waals surface area contributed by atoms with E-state index >= 15 is 0 Å². The van der Waals surface area contributed by atoms with Gasteiger partial charge >= 0.3 is 0 Å². The molecule has 1 aliphatic rings. The van der Waals surface area contributed by atoms with Crippen molar-refractivity contribution < 1.29 is 9.13 Å². The van der Waals surface area contributed by atoms with E-state index in [0.717, 1.165) is 6.54 Å². The van der Waals surface area contributed by atoms with Crippen LogP contribution in [-0.2, 0) is 4.74 Å². The highest BCUT2D eigenvalue weighted by molar-refractivity contribution is 5.20. The predicted molar refractivity (Wildman–Crippen MR) is 52.3 cm³/mol. The molecular weight excluding hydrogens is 181 g/mol. The van der Waals surface area contributed by atoms with Crippen molar-refractivity contribution in [3.63, 3.8) is 0 Å². The number of rotatable bonds is 1. The van der Waals surface area contributed by atoms with Gasteiger partial charge in [0.2, 0.25) is 0 Å². The maximum Gasteiger partial charge on any atom is 0.138 e. The standard InChI is InChI=1S/C11H14FNO/c1-11(2)7-13-10(14-11)8-5-3-4-6-9(8)12/h3-6,10,13H,7H2,1-2H3. The third kappa shape index (κ3) is 1.79. The van der Waals surface area contributed by atoms with Crippen LogP contribution in [0.1, 0.15) is 25.6 Å². The third-order valence-corrected chi connectivity index (χ3v) is 2.34. The first-order valence-corrected chi connectivity index (χ1v) is 4.74. The topological polar surface area (TPSA) is 21.3 Å². The molecular formula is C11H14FNO. The van der Waals surface area contributed by atoms with Crippen LogP contribution in [0.25, 0.3) is 0 Å². The maximum atomic E-state index is 13.4. The Labute approximate surface area is 83.1 Å². The average molecular weight is 195 g/mol. The maximum absolute atomic E-state index is 13.4. The van der Waals surface area contributed by atoms with Crippen molar-refractivity contribution in [1.29, 1.82) is 0 Å². The molecule has 0 amide bonds. The van der Waals surface area contributed by atoms with Crippen LogP contribution in [0.2, 0.25) is 0 Å². The minimum Gasteiger partial charge on any atom is -0.352 e. The van der Waals surface area contributed by atoms with Crippen molar-refractivity contribution in [2.45, 2.75) is 25.7 Å². The zero-order valence-electron chi connectivity index (χ0n) is 8.38. The second-order valence-electron chi connectivity index (χ2n) is 4.16. The van der Waals surface area contributed by atoms with Crippen molar-refractivity contribution in [3.8, 4) is 0 Å². The van der Waals surface area contributed by atoms with Crippen molar-refractivity contribution in [2.24, 2.45) is 0 Å². The first-order chi connectivity index (χ1) is 6.58. The molecule has 0 saturated carbocycles. The SMILES string of the molecule is CC1(C)CNC(c2ccccc2F)O1. The molecule has 2 rings (SSSR count). The first kappa shape index (κ1) is 9.62. The van der Waals surface area contributed by atoms with Gasteiger partial charge in [0.15, 0.2) is 0 Å². The number of hydrogen-bond donors (Lipinski definition) is 1. The molecule has 1 atom stereocenters. The van der Waals surface area contributed by atoms with Gasteiger partial charge in [-0.25, -0.2) is 4.39 Å². The van der Waals surface area contributed by atoms with Gasteiger partial charge in [-0.05, 0) is 19.9 Å². The second kappa shape index (κ2) is 3.33. The molecule has 1 aromatic rings. The fraction of sp³-hybridized carbons (Fsp3) is 0.455. The third-order valence-electron chi connectivity index (χ3n) is 2.34. The van der Waals surface area contributed by atoms with E-state index in [9.17, 15) is 4.39 Å². The highest BCUT2D eigenvalue weighted by atomic mass is 19.1. The van der Waals surface area contributed by atoms with Gasteiger partial charge in [0.1, 0.15) is 12.0 Å². The lowest BCUT2D eigenvalue weighted by Gasteiger charge is -2.17. The summed E-state index contributed by atoms with van der Waals surface area (Å²) in [5.41, 5.74) is 0.366. The van der Waals surface area contributed by atoms with Crippen LogP contribution in [0.5, 0.6) is 0 Å². The van der Waals surface area contributed by atoms with Crippen LogP contribution in [0.4, 0.5) is 4.39 Å². The summed E-state index contributed by atoms with van der Waals surface area (Å²) >= 11 is 0. The minimum atomic E-state index is -0.314. The van der Waals surface area contributed by atoms with E-state index < -0.39 is 0 Å². The van der Waals surface area contributed by atoms with Crippen molar-refractivity contribution in [3.05, 3.63) is 35.6 Å². The van der Waals surface area contributed by atoms with E-state index in [0.29, 0.717) is 5.56 Å². The number of halogens is 1. The summed E-state index contributed by atoms with van der Waals surface area (Å²) in [5.74, 6) is -0.220. The zero-order valence-corrected chi connectivity index (χ0v) is 8.38. The van der Waals surface area contributed by atoms with E-state index in [1.807, 2.05) is 19.9 Å². The minimum absolute atomic E-state index is 0.215. The van der Waals surface area contributed by atoms with Gasteiger partial charge in [0.05, 0.1) is 5.60 Å². The molecule has 1 aliphatic heterocycles. The van der Waals surface area contributed by atoms with E-state index in [1.54, 1.807) is 12.1 Å². The second-order valence-corrected chi connectivity index (χ2v) is 4.16. The normalized spacial score (nSPS) is 25.2. The molecule has 1 fully saturated rings. The molecule has 3 heteroatoms. The average Bonchev–Trinajstić information content (AvgIpc) is 2.47. The Bertz CT molecular complexity index is 338. The molecule has 1 N–H and O–H groups in total. The van der Waals surface area contributed by atoms with Gasteiger partial charge in [-0.1, -0.05) is 18.2 Å². The highest BCUT2D eigenvalue weighted by Gasteiger charge is 2.33. The van der Waals surface area contributed by atoms with Crippen LogP contribution in [-0.4, -0.2) is 12.1 Å². The molecule has 1 heterocycles. The molecule has 1 saturated heterocycles. The molecule has 76 valence electrons. The molecule has 1 unspecified atom stereocenters. The lowest BCUT2D eigenvalue weighted by Crippen LogP contribution is -2.23. The molecule has 0 spiro atoms. The van der Waals surface area contributed by atoms with Crippen LogP contribution in [0.3, 0.4) is 0 Å². The van der Waals surface area contributed by atoms with Crippen molar-refractivity contribution in [2.75, 3.05) is 6.54 Å². The largest absolute Gasteiger partial charge is 0.352 e. The Morgan fingerprint density at radius 2 is 2.14 bits per heavy atom. The van der Waals surface area contributed by atoms with Crippen LogP contribution in [0, 0.1) is 5.82 Å².